The molecule has 1 aromatic carbocycles. The molecule has 5 nitrogen and oxygen atoms in total. The average Bonchev–Trinajstić information content (AvgIpc) is 2.24. The number of hydrogen-bond donors (Lipinski definition) is 0. The van der Waals surface area contributed by atoms with Crippen molar-refractivity contribution in [3.8, 4) is 0 Å². The van der Waals surface area contributed by atoms with Crippen molar-refractivity contribution in [1.82, 2.24) is 4.31 Å². The highest BCUT2D eigenvalue weighted by Crippen LogP contribution is 2.17. The second kappa shape index (κ2) is 6.13. The van der Waals surface area contributed by atoms with Crippen molar-refractivity contribution in [2.45, 2.75) is 32.9 Å². The Labute approximate surface area is 128 Å². The number of amides is 1. The van der Waals surface area contributed by atoms with Crippen molar-refractivity contribution in [3.63, 3.8) is 0 Å². The summed E-state index contributed by atoms with van der Waals surface area (Å²) in [7, 11) is -3.70. The molecule has 0 saturated heterocycles. The molecule has 112 valence electrons. The first-order chi connectivity index (χ1) is 8.99. The molecular weight excluding hydrogens is 346 g/mol. The van der Waals surface area contributed by atoms with Crippen molar-refractivity contribution in [1.29, 1.82) is 0 Å². The summed E-state index contributed by atoms with van der Waals surface area (Å²) in [5.41, 5.74) is -0.0517. The molecule has 0 heterocycles. The molecule has 0 aliphatic rings. The number of benzene rings is 1. The Morgan fingerprint density at radius 3 is 2.15 bits per heavy atom. The predicted molar refractivity (Wildman–Crippen MR) is 80.8 cm³/mol. The number of carbonyl (C=O) groups excluding carboxylic acids is 1. The summed E-state index contributed by atoms with van der Waals surface area (Å²) in [5, 5.41) is 0. The summed E-state index contributed by atoms with van der Waals surface area (Å²) in [4.78, 5) is 12.0. The van der Waals surface area contributed by atoms with Gasteiger partial charge < -0.3 is 4.74 Å². The molecule has 0 aromatic heterocycles. The lowest BCUT2D eigenvalue weighted by Crippen LogP contribution is -2.39. The summed E-state index contributed by atoms with van der Waals surface area (Å²) >= 11 is 3.30. The molecule has 0 spiro atoms. The molecule has 0 unspecified atom stereocenters. The van der Waals surface area contributed by atoms with E-state index in [0.717, 1.165) is 15.0 Å². The van der Waals surface area contributed by atoms with Crippen molar-refractivity contribution in [2.24, 2.45) is 0 Å². The van der Waals surface area contributed by atoms with Crippen LogP contribution in [-0.4, -0.2) is 30.7 Å². The number of rotatable bonds is 3. The highest BCUT2D eigenvalue weighted by atomic mass is 79.9. The van der Waals surface area contributed by atoms with Crippen LogP contribution in [0.1, 0.15) is 26.3 Å². The molecule has 0 aliphatic heterocycles. The zero-order valence-electron chi connectivity index (χ0n) is 11.9. The van der Waals surface area contributed by atoms with Gasteiger partial charge in [0, 0.05) is 4.47 Å². The van der Waals surface area contributed by atoms with Crippen LogP contribution in [0.2, 0.25) is 0 Å². The lowest BCUT2D eigenvalue weighted by Gasteiger charge is -2.26. The van der Waals surface area contributed by atoms with Gasteiger partial charge in [-0.05, 0) is 38.5 Å². The van der Waals surface area contributed by atoms with E-state index < -0.39 is 21.7 Å². The summed E-state index contributed by atoms with van der Waals surface area (Å²) < 4.78 is 30.2. The Balaban J connectivity index is 2.97. The van der Waals surface area contributed by atoms with Gasteiger partial charge in [0.15, 0.2) is 0 Å². The van der Waals surface area contributed by atoms with Crippen LogP contribution in [0.4, 0.5) is 4.79 Å². The van der Waals surface area contributed by atoms with Crippen LogP contribution >= 0.6 is 15.9 Å². The maximum Gasteiger partial charge on any atom is 0.424 e. The second-order valence-corrected chi connectivity index (χ2v) is 8.20. The molecule has 1 amide bonds. The third kappa shape index (κ3) is 5.50. The van der Waals surface area contributed by atoms with Gasteiger partial charge in [0.05, 0.1) is 12.8 Å². The summed E-state index contributed by atoms with van der Waals surface area (Å²) in [6.07, 6.45) is 0.110. The van der Waals surface area contributed by atoms with Crippen molar-refractivity contribution >= 4 is 32.0 Å². The Kier molecular flexibility index (Phi) is 5.21. The molecule has 20 heavy (non-hydrogen) atoms. The summed E-state index contributed by atoms with van der Waals surface area (Å²) in [6, 6.07) is 7.05. The van der Waals surface area contributed by atoms with E-state index in [-0.39, 0.29) is 6.54 Å². The Bertz CT molecular complexity index is 575. The first kappa shape index (κ1) is 17.0. The zero-order valence-corrected chi connectivity index (χ0v) is 14.3. The molecular formula is C13H18BrNO4S. The van der Waals surface area contributed by atoms with Gasteiger partial charge >= 0.3 is 6.09 Å². The van der Waals surface area contributed by atoms with E-state index in [1.165, 1.54) is 0 Å². The number of nitrogens with zero attached hydrogens (tertiary/aromatic N) is 1. The van der Waals surface area contributed by atoms with Crippen LogP contribution < -0.4 is 0 Å². The van der Waals surface area contributed by atoms with Crippen molar-refractivity contribution < 1.29 is 17.9 Å². The molecule has 7 heteroatoms. The minimum absolute atomic E-state index is 0.0545. The van der Waals surface area contributed by atoms with E-state index in [2.05, 4.69) is 15.9 Å². The number of halogens is 1. The largest absolute Gasteiger partial charge is 0.443 e. The Hall–Kier alpha value is -1.08. The molecule has 1 aromatic rings. The fourth-order valence-electron chi connectivity index (χ4n) is 1.39. The third-order valence-corrected chi connectivity index (χ3v) is 3.84. The van der Waals surface area contributed by atoms with Gasteiger partial charge in [-0.3, -0.25) is 0 Å². The highest BCUT2D eigenvalue weighted by Gasteiger charge is 2.28. The topological polar surface area (TPSA) is 63.7 Å². The first-order valence-electron chi connectivity index (χ1n) is 5.94. The molecule has 0 radical (unpaired) electrons. The van der Waals surface area contributed by atoms with Crippen LogP contribution in [-0.2, 0) is 21.3 Å². The van der Waals surface area contributed by atoms with Crippen LogP contribution in [0.5, 0.6) is 0 Å². The molecule has 1 rings (SSSR count). The fraction of sp³-hybridized carbons (Fsp3) is 0.462. The number of carbonyl (C=O) groups is 1. The molecule has 0 fully saturated rings. The standard InChI is InChI=1S/C13H18BrNO4S/c1-13(2,3)19-12(16)15(20(4,17)18)9-10-5-7-11(14)8-6-10/h5-8H,9H2,1-4H3. The predicted octanol–water partition coefficient (Wildman–Crippen LogP) is 3.15. The molecule has 0 bridgehead atoms. The minimum atomic E-state index is -3.70. The normalized spacial score (nSPS) is 12.1. The molecule has 0 saturated carbocycles. The number of sulfonamides is 1. The maximum absolute atomic E-state index is 12.0. The minimum Gasteiger partial charge on any atom is -0.443 e. The van der Waals surface area contributed by atoms with Crippen LogP contribution in [0.3, 0.4) is 0 Å². The van der Waals surface area contributed by atoms with E-state index in [9.17, 15) is 13.2 Å². The van der Waals surface area contributed by atoms with Gasteiger partial charge in [-0.25, -0.2) is 17.5 Å². The first-order valence-corrected chi connectivity index (χ1v) is 8.58. The lowest BCUT2D eigenvalue weighted by atomic mass is 10.2. The van der Waals surface area contributed by atoms with Gasteiger partial charge in [-0.2, -0.15) is 0 Å². The van der Waals surface area contributed by atoms with Crippen LogP contribution in [0, 0.1) is 0 Å². The Morgan fingerprint density at radius 2 is 1.75 bits per heavy atom. The quantitative estimate of drug-likeness (QED) is 0.827. The molecule has 0 atom stereocenters. The maximum atomic E-state index is 12.0. The van der Waals surface area contributed by atoms with Gasteiger partial charge in [0.2, 0.25) is 10.0 Å². The third-order valence-electron chi connectivity index (χ3n) is 2.24. The lowest BCUT2D eigenvalue weighted by molar-refractivity contribution is 0.0382. The van der Waals surface area contributed by atoms with E-state index in [1.54, 1.807) is 45.0 Å². The molecule has 0 aliphatic carbocycles. The van der Waals surface area contributed by atoms with Crippen LogP contribution in [0.25, 0.3) is 0 Å². The number of hydrogen-bond acceptors (Lipinski definition) is 4. The second-order valence-electron chi connectivity index (χ2n) is 5.38. The highest BCUT2D eigenvalue weighted by molar-refractivity contribution is 9.10. The Morgan fingerprint density at radius 1 is 1.25 bits per heavy atom. The van der Waals surface area contributed by atoms with Crippen molar-refractivity contribution in [3.05, 3.63) is 34.3 Å². The summed E-state index contributed by atoms with van der Waals surface area (Å²) in [6.45, 7) is 5.00. The van der Waals surface area contributed by atoms with E-state index >= 15 is 0 Å². The smallest absolute Gasteiger partial charge is 0.424 e. The van der Waals surface area contributed by atoms with E-state index in [4.69, 9.17) is 4.74 Å². The van der Waals surface area contributed by atoms with E-state index in [0.29, 0.717) is 5.56 Å². The fourth-order valence-corrected chi connectivity index (χ4v) is 2.34. The van der Waals surface area contributed by atoms with Gasteiger partial charge in [-0.15, -0.1) is 0 Å². The zero-order chi connectivity index (χ0) is 15.6. The summed E-state index contributed by atoms with van der Waals surface area (Å²) in [5.74, 6) is 0. The SMILES string of the molecule is CC(C)(C)OC(=O)N(Cc1ccc(Br)cc1)S(C)(=O)=O. The number of ether oxygens (including phenoxy) is 1. The van der Waals surface area contributed by atoms with Gasteiger partial charge in [0.25, 0.3) is 0 Å². The molecule has 0 N–H and O–H groups in total. The van der Waals surface area contributed by atoms with Crippen molar-refractivity contribution in [2.75, 3.05) is 6.26 Å². The van der Waals surface area contributed by atoms with Gasteiger partial charge in [0.1, 0.15) is 5.60 Å². The van der Waals surface area contributed by atoms with Gasteiger partial charge in [-0.1, -0.05) is 28.1 Å². The van der Waals surface area contributed by atoms with Crippen LogP contribution in [0.15, 0.2) is 28.7 Å². The average molecular weight is 364 g/mol. The monoisotopic (exact) mass is 363 g/mol. The van der Waals surface area contributed by atoms with E-state index in [1.807, 2.05) is 0 Å².